The number of Topliss-reactive ketones (excluding diaryl/α,β-unsaturated/α-hetero) is 1. The minimum atomic E-state index is 0.0402. The van der Waals surface area contributed by atoms with Gasteiger partial charge in [-0.15, -0.1) is 11.3 Å². The van der Waals surface area contributed by atoms with Gasteiger partial charge in [0, 0.05) is 20.7 Å². The first-order valence-corrected chi connectivity index (χ1v) is 4.21. The Morgan fingerprint density at radius 1 is 1.83 bits per heavy atom. The van der Waals surface area contributed by atoms with Crippen LogP contribution < -0.4 is 0 Å². The molecule has 0 amide bonds. The summed E-state index contributed by atoms with van der Waals surface area (Å²) in [6.45, 7) is 1.84. The third kappa shape index (κ3) is 2.08. The van der Waals surface area contributed by atoms with Crippen LogP contribution in [-0.4, -0.2) is 5.78 Å². The van der Waals surface area contributed by atoms with Crippen LogP contribution in [0.5, 0.6) is 0 Å². The van der Waals surface area contributed by atoms with Gasteiger partial charge in [-0.3, -0.25) is 4.79 Å². The molecule has 0 aliphatic rings. The monoisotopic (exact) mass is 181 g/mol. The summed E-state index contributed by atoms with van der Waals surface area (Å²) in [6, 6.07) is 1.75. The average molecular weight is 181 g/mol. The zero-order chi connectivity index (χ0) is 8.97. The van der Waals surface area contributed by atoms with Crippen molar-refractivity contribution in [3.05, 3.63) is 32.3 Å². The molecule has 0 radical (unpaired) electrons. The van der Waals surface area contributed by atoms with Crippen LogP contribution in [0.1, 0.15) is 22.2 Å². The lowest BCUT2D eigenvalue weighted by Crippen LogP contribution is -1.86. The van der Waals surface area contributed by atoms with Crippen LogP contribution >= 0.6 is 11.3 Å². The molecule has 0 unspecified atom stereocenters. The third-order valence-electron chi connectivity index (χ3n) is 1.35. The molecule has 0 spiro atoms. The molecule has 0 N–H and O–H groups in total. The number of thiophene rings is 1. The Bertz CT molecular complexity index is 338. The molecule has 0 aromatic carbocycles. The summed E-state index contributed by atoms with van der Waals surface area (Å²) in [7, 11) is 0. The molecule has 0 bridgehead atoms. The van der Waals surface area contributed by atoms with E-state index in [0.717, 1.165) is 4.88 Å². The number of carbonyl (C=O) groups is 1. The maximum absolute atomic E-state index is 10.8. The maximum atomic E-state index is 10.8. The number of rotatable bonds is 3. The van der Waals surface area contributed by atoms with Crippen LogP contribution in [0.4, 0.5) is 0 Å². The van der Waals surface area contributed by atoms with E-state index >= 15 is 0 Å². The Hall–Kier alpha value is -1.32. The number of hydrogen-bond acceptors (Lipinski definition) is 3. The van der Waals surface area contributed by atoms with E-state index in [2.05, 4.69) is 10.0 Å². The first-order chi connectivity index (χ1) is 5.74. The van der Waals surface area contributed by atoms with E-state index in [-0.39, 0.29) is 5.78 Å². The SMILES string of the molecule is CC(=O)c1csc(CN=[N+]=[N-])c1. The van der Waals surface area contributed by atoms with Crippen molar-refractivity contribution in [3.63, 3.8) is 0 Å². The van der Waals surface area contributed by atoms with Crippen molar-refractivity contribution in [1.82, 2.24) is 0 Å². The molecule has 0 aliphatic heterocycles. The smallest absolute Gasteiger partial charge is 0.160 e. The van der Waals surface area contributed by atoms with E-state index < -0.39 is 0 Å². The van der Waals surface area contributed by atoms with E-state index in [4.69, 9.17) is 5.53 Å². The van der Waals surface area contributed by atoms with Crippen LogP contribution in [0.2, 0.25) is 0 Å². The first-order valence-electron chi connectivity index (χ1n) is 3.33. The lowest BCUT2D eigenvalue weighted by molar-refractivity contribution is 0.101. The Morgan fingerprint density at radius 2 is 2.58 bits per heavy atom. The van der Waals surface area contributed by atoms with E-state index in [1.54, 1.807) is 11.4 Å². The van der Waals surface area contributed by atoms with E-state index in [0.29, 0.717) is 12.1 Å². The summed E-state index contributed by atoms with van der Waals surface area (Å²) in [5.74, 6) is 0.0402. The van der Waals surface area contributed by atoms with Crippen molar-refractivity contribution in [2.24, 2.45) is 5.11 Å². The predicted octanol–water partition coefficient (Wildman–Crippen LogP) is 2.76. The molecule has 4 nitrogen and oxygen atoms in total. The van der Waals surface area contributed by atoms with Crippen molar-refractivity contribution >= 4 is 17.1 Å². The highest BCUT2D eigenvalue weighted by molar-refractivity contribution is 7.10. The van der Waals surface area contributed by atoms with Gasteiger partial charge in [0.2, 0.25) is 0 Å². The molecular weight excluding hydrogens is 174 g/mol. The minimum Gasteiger partial charge on any atom is -0.294 e. The molecule has 1 rings (SSSR count). The third-order valence-corrected chi connectivity index (χ3v) is 2.27. The predicted molar refractivity (Wildman–Crippen MR) is 47.2 cm³/mol. The van der Waals surface area contributed by atoms with Gasteiger partial charge in [-0.1, -0.05) is 5.11 Å². The second kappa shape index (κ2) is 3.90. The van der Waals surface area contributed by atoms with Gasteiger partial charge in [-0.05, 0) is 18.5 Å². The molecule has 5 heteroatoms. The Balaban J connectivity index is 2.77. The summed E-state index contributed by atoms with van der Waals surface area (Å²) in [5.41, 5.74) is 8.72. The van der Waals surface area contributed by atoms with Crippen LogP contribution in [0.15, 0.2) is 16.6 Å². The van der Waals surface area contributed by atoms with Crippen molar-refractivity contribution < 1.29 is 4.79 Å². The Morgan fingerprint density at radius 3 is 3.08 bits per heavy atom. The van der Waals surface area contributed by atoms with Crippen LogP contribution in [0, 0.1) is 0 Å². The molecule has 0 fully saturated rings. The fourth-order valence-corrected chi connectivity index (χ4v) is 1.59. The maximum Gasteiger partial charge on any atom is 0.160 e. The normalized spacial score (nSPS) is 9.08. The van der Waals surface area contributed by atoms with Gasteiger partial charge in [0.05, 0.1) is 6.54 Å². The zero-order valence-electron chi connectivity index (χ0n) is 6.52. The molecule has 0 saturated heterocycles. The van der Waals surface area contributed by atoms with E-state index in [9.17, 15) is 4.79 Å². The molecular formula is C7H7N3OS. The summed E-state index contributed by atoms with van der Waals surface area (Å²) in [5, 5.41) is 5.16. The lowest BCUT2D eigenvalue weighted by atomic mass is 10.2. The number of carbonyl (C=O) groups excluding carboxylic acids is 1. The van der Waals surface area contributed by atoms with Crippen LogP contribution in [0.25, 0.3) is 10.4 Å². The molecule has 1 aromatic heterocycles. The minimum absolute atomic E-state index is 0.0402. The quantitative estimate of drug-likeness (QED) is 0.306. The van der Waals surface area contributed by atoms with Gasteiger partial charge in [0.25, 0.3) is 0 Å². The van der Waals surface area contributed by atoms with Crippen molar-refractivity contribution in [1.29, 1.82) is 0 Å². The van der Waals surface area contributed by atoms with Crippen molar-refractivity contribution in [2.75, 3.05) is 0 Å². The van der Waals surface area contributed by atoms with Crippen LogP contribution in [-0.2, 0) is 6.54 Å². The first kappa shape index (κ1) is 8.77. The molecule has 0 atom stereocenters. The molecule has 0 saturated carbocycles. The molecule has 1 heterocycles. The van der Waals surface area contributed by atoms with Gasteiger partial charge in [0.15, 0.2) is 5.78 Å². The van der Waals surface area contributed by atoms with Gasteiger partial charge >= 0.3 is 0 Å². The standard InChI is InChI=1S/C7H7N3OS/c1-5(11)6-2-7(12-4-6)3-9-10-8/h2,4H,3H2,1H3. The van der Waals surface area contributed by atoms with Crippen LogP contribution in [0.3, 0.4) is 0 Å². The molecule has 0 aliphatic carbocycles. The van der Waals surface area contributed by atoms with Gasteiger partial charge in [-0.25, -0.2) is 0 Å². The topological polar surface area (TPSA) is 65.8 Å². The van der Waals surface area contributed by atoms with Crippen molar-refractivity contribution in [2.45, 2.75) is 13.5 Å². The number of nitrogens with zero attached hydrogens (tertiary/aromatic N) is 3. The van der Waals surface area contributed by atoms with Gasteiger partial charge in [0.1, 0.15) is 0 Å². The summed E-state index contributed by atoms with van der Waals surface area (Å²) < 4.78 is 0. The second-order valence-corrected chi connectivity index (χ2v) is 3.24. The number of ketones is 1. The van der Waals surface area contributed by atoms with E-state index in [1.165, 1.54) is 18.3 Å². The van der Waals surface area contributed by atoms with Gasteiger partial charge in [-0.2, -0.15) is 0 Å². The number of hydrogen-bond donors (Lipinski definition) is 0. The largest absolute Gasteiger partial charge is 0.294 e. The molecule has 1 aromatic rings. The summed E-state index contributed by atoms with van der Waals surface area (Å²) in [6.07, 6.45) is 0. The average Bonchev–Trinajstić information content (AvgIpc) is 2.48. The van der Waals surface area contributed by atoms with Gasteiger partial charge < -0.3 is 0 Å². The summed E-state index contributed by atoms with van der Waals surface area (Å²) in [4.78, 5) is 14.4. The second-order valence-electron chi connectivity index (χ2n) is 2.25. The number of azide groups is 1. The zero-order valence-corrected chi connectivity index (χ0v) is 7.34. The summed E-state index contributed by atoms with van der Waals surface area (Å²) >= 11 is 1.43. The highest BCUT2D eigenvalue weighted by atomic mass is 32.1. The highest BCUT2D eigenvalue weighted by Gasteiger charge is 2.02. The fraction of sp³-hybridized carbons (Fsp3) is 0.286. The Kier molecular flexibility index (Phi) is 2.85. The van der Waals surface area contributed by atoms with E-state index in [1.807, 2.05) is 0 Å². The molecule has 62 valence electrons. The van der Waals surface area contributed by atoms with Crippen molar-refractivity contribution in [3.8, 4) is 0 Å². The molecule has 12 heavy (non-hydrogen) atoms. The lowest BCUT2D eigenvalue weighted by Gasteiger charge is -1.84. The fourth-order valence-electron chi connectivity index (χ4n) is 0.749. The highest BCUT2D eigenvalue weighted by Crippen LogP contribution is 2.15. The Labute approximate surface area is 73.5 Å².